The molecule has 0 unspecified atom stereocenters. The SMILES string of the molecule is COc1ccc(Cl)cc1C(=O)NC(=S)Nc1ccc(-c2nn3cnnc3s2)cc1. The summed E-state index contributed by atoms with van der Waals surface area (Å²) in [5, 5.41) is 19.2. The van der Waals surface area contributed by atoms with E-state index in [1.54, 1.807) is 23.0 Å². The predicted octanol–water partition coefficient (Wildman–Crippen LogP) is 3.64. The van der Waals surface area contributed by atoms with Crippen LogP contribution in [-0.4, -0.2) is 37.9 Å². The molecule has 2 aromatic heterocycles. The van der Waals surface area contributed by atoms with Crippen LogP contribution in [0.2, 0.25) is 5.02 Å². The van der Waals surface area contributed by atoms with E-state index >= 15 is 0 Å². The lowest BCUT2D eigenvalue weighted by atomic mass is 10.2. The summed E-state index contributed by atoms with van der Waals surface area (Å²) in [4.78, 5) is 13.2. The standard InChI is InChI=1S/C18H13ClN6O2S2/c1-27-14-7-4-11(19)8-13(14)15(26)22-17(28)21-12-5-2-10(3-6-12)16-24-25-9-20-23-18(25)29-16/h2-9H,1H3,(H2,21,22,26,28). The monoisotopic (exact) mass is 444 g/mol. The van der Waals surface area contributed by atoms with E-state index in [2.05, 4.69) is 25.9 Å². The number of hydrogen-bond acceptors (Lipinski definition) is 7. The topological polar surface area (TPSA) is 93.4 Å². The van der Waals surface area contributed by atoms with E-state index in [1.807, 2.05) is 24.3 Å². The number of methoxy groups -OCH3 is 1. The lowest BCUT2D eigenvalue weighted by Crippen LogP contribution is -2.34. The third kappa shape index (κ3) is 4.19. The number of carbonyl (C=O) groups excluding carboxylic acids is 1. The van der Waals surface area contributed by atoms with Crippen molar-refractivity contribution in [2.45, 2.75) is 0 Å². The average Bonchev–Trinajstić information content (AvgIpc) is 3.30. The van der Waals surface area contributed by atoms with Crippen LogP contribution in [-0.2, 0) is 0 Å². The highest BCUT2D eigenvalue weighted by Gasteiger charge is 2.14. The van der Waals surface area contributed by atoms with Gasteiger partial charge in [-0.05, 0) is 54.7 Å². The van der Waals surface area contributed by atoms with E-state index in [9.17, 15) is 4.79 Å². The van der Waals surface area contributed by atoms with E-state index in [4.69, 9.17) is 28.6 Å². The highest BCUT2D eigenvalue weighted by molar-refractivity contribution is 7.80. The zero-order chi connectivity index (χ0) is 20.4. The first-order valence-electron chi connectivity index (χ1n) is 8.26. The number of amides is 1. The normalized spacial score (nSPS) is 10.7. The van der Waals surface area contributed by atoms with Crippen LogP contribution in [0, 0.1) is 0 Å². The van der Waals surface area contributed by atoms with Crippen LogP contribution in [0.25, 0.3) is 15.5 Å². The molecule has 0 bridgehead atoms. The minimum Gasteiger partial charge on any atom is -0.496 e. The molecule has 11 heteroatoms. The molecule has 4 rings (SSSR count). The summed E-state index contributed by atoms with van der Waals surface area (Å²) in [5.74, 6) is -0.0118. The molecular formula is C18H13ClN6O2S2. The van der Waals surface area contributed by atoms with Gasteiger partial charge < -0.3 is 10.1 Å². The van der Waals surface area contributed by atoms with Crippen LogP contribution in [0.3, 0.4) is 0 Å². The number of carbonyl (C=O) groups is 1. The second-order valence-electron chi connectivity index (χ2n) is 5.80. The van der Waals surface area contributed by atoms with E-state index in [1.165, 1.54) is 24.5 Å². The van der Waals surface area contributed by atoms with Crippen molar-refractivity contribution in [2.75, 3.05) is 12.4 Å². The van der Waals surface area contributed by atoms with Crippen molar-refractivity contribution in [3.63, 3.8) is 0 Å². The number of aromatic nitrogens is 4. The van der Waals surface area contributed by atoms with E-state index < -0.39 is 5.91 Å². The number of ether oxygens (including phenoxy) is 1. The van der Waals surface area contributed by atoms with Crippen molar-refractivity contribution < 1.29 is 9.53 Å². The summed E-state index contributed by atoms with van der Waals surface area (Å²) in [6.07, 6.45) is 1.56. The molecule has 29 heavy (non-hydrogen) atoms. The van der Waals surface area contributed by atoms with Gasteiger partial charge in [-0.2, -0.15) is 9.61 Å². The summed E-state index contributed by atoms with van der Waals surface area (Å²) in [6.45, 7) is 0. The van der Waals surface area contributed by atoms with Gasteiger partial charge >= 0.3 is 0 Å². The highest BCUT2D eigenvalue weighted by Crippen LogP contribution is 2.26. The van der Waals surface area contributed by atoms with Gasteiger partial charge in [-0.15, -0.1) is 10.2 Å². The molecular weight excluding hydrogens is 432 g/mol. The summed E-state index contributed by atoms with van der Waals surface area (Å²) in [5.41, 5.74) is 1.95. The van der Waals surface area contributed by atoms with Crippen molar-refractivity contribution >= 4 is 56.8 Å². The summed E-state index contributed by atoms with van der Waals surface area (Å²) >= 11 is 12.6. The van der Waals surface area contributed by atoms with Crippen molar-refractivity contribution in [3.05, 3.63) is 59.4 Å². The van der Waals surface area contributed by atoms with E-state index in [0.29, 0.717) is 16.3 Å². The third-order valence-corrected chi connectivity index (χ3v) is 5.31. The van der Waals surface area contributed by atoms with Crippen LogP contribution in [0.5, 0.6) is 5.75 Å². The Balaban J connectivity index is 1.42. The molecule has 0 aliphatic rings. The van der Waals surface area contributed by atoms with Gasteiger partial charge in [-0.3, -0.25) is 10.1 Å². The molecule has 0 aliphatic heterocycles. The smallest absolute Gasteiger partial charge is 0.261 e. The van der Waals surface area contributed by atoms with Crippen molar-refractivity contribution in [3.8, 4) is 16.3 Å². The van der Waals surface area contributed by atoms with Gasteiger partial charge in [0.15, 0.2) is 5.11 Å². The fraction of sp³-hybridized carbons (Fsp3) is 0.0556. The molecule has 0 radical (unpaired) electrons. The van der Waals surface area contributed by atoms with Gasteiger partial charge in [0.1, 0.15) is 17.1 Å². The molecule has 0 spiro atoms. The minimum atomic E-state index is -0.418. The number of benzene rings is 2. The fourth-order valence-electron chi connectivity index (χ4n) is 2.56. The maximum absolute atomic E-state index is 12.5. The molecule has 4 aromatic rings. The number of halogens is 1. The first-order chi connectivity index (χ1) is 14.0. The van der Waals surface area contributed by atoms with Crippen molar-refractivity contribution in [2.24, 2.45) is 0 Å². The largest absolute Gasteiger partial charge is 0.496 e. The lowest BCUT2D eigenvalue weighted by Gasteiger charge is -2.12. The zero-order valence-electron chi connectivity index (χ0n) is 14.9. The quantitative estimate of drug-likeness (QED) is 0.464. The molecule has 8 nitrogen and oxygen atoms in total. The van der Waals surface area contributed by atoms with Gasteiger partial charge in [-0.25, -0.2) is 0 Å². The Morgan fingerprint density at radius 1 is 1.24 bits per heavy atom. The number of anilines is 1. The molecule has 146 valence electrons. The minimum absolute atomic E-state index is 0.156. The van der Waals surface area contributed by atoms with Crippen LogP contribution in [0.15, 0.2) is 48.8 Å². The van der Waals surface area contributed by atoms with Crippen LogP contribution in [0.1, 0.15) is 10.4 Å². The Morgan fingerprint density at radius 2 is 2.03 bits per heavy atom. The molecule has 2 N–H and O–H groups in total. The molecule has 0 saturated heterocycles. The molecule has 0 saturated carbocycles. The number of nitrogens with one attached hydrogen (secondary N) is 2. The third-order valence-electron chi connectivity index (χ3n) is 3.91. The van der Waals surface area contributed by atoms with Crippen LogP contribution in [0.4, 0.5) is 5.69 Å². The summed E-state index contributed by atoms with van der Waals surface area (Å²) in [7, 11) is 1.48. The Morgan fingerprint density at radius 3 is 2.76 bits per heavy atom. The van der Waals surface area contributed by atoms with Crippen molar-refractivity contribution in [1.82, 2.24) is 25.1 Å². The first-order valence-corrected chi connectivity index (χ1v) is 9.87. The molecule has 0 aliphatic carbocycles. The molecule has 0 atom stereocenters. The van der Waals surface area contributed by atoms with E-state index in [-0.39, 0.29) is 5.11 Å². The number of rotatable bonds is 4. The average molecular weight is 445 g/mol. The second kappa shape index (κ2) is 8.11. The maximum atomic E-state index is 12.5. The van der Waals surface area contributed by atoms with Gasteiger partial charge in [0.2, 0.25) is 4.96 Å². The van der Waals surface area contributed by atoms with Crippen molar-refractivity contribution in [1.29, 1.82) is 0 Å². The number of nitrogens with zero attached hydrogens (tertiary/aromatic N) is 4. The molecule has 2 aromatic carbocycles. The Labute approximate surface area is 179 Å². The lowest BCUT2D eigenvalue weighted by molar-refractivity contribution is 0.0975. The zero-order valence-corrected chi connectivity index (χ0v) is 17.3. The van der Waals surface area contributed by atoms with E-state index in [0.717, 1.165) is 21.2 Å². The van der Waals surface area contributed by atoms with Gasteiger partial charge in [0.25, 0.3) is 5.91 Å². The number of hydrogen-bond donors (Lipinski definition) is 2. The second-order valence-corrected chi connectivity index (χ2v) is 7.60. The Bertz CT molecular complexity index is 1180. The molecule has 1 amide bonds. The number of fused-ring (bicyclic) bond motifs is 1. The highest BCUT2D eigenvalue weighted by atomic mass is 35.5. The Kier molecular flexibility index (Phi) is 5.38. The van der Waals surface area contributed by atoms with Crippen LogP contribution >= 0.6 is 35.2 Å². The van der Waals surface area contributed by atoms with Crippen LogP contribution < -0.4 is 15.4 Å². The summed E-state index contributed by atoms with van der Waals surface area (Å²) < 4.78 is 6.82. The first kappa shape index (κ1) is 19.2. The predicted molar refractivity (Wildman–Crippen MR) is 116 cm³/mol. The Hall–Kier alpha value is -3.08. The summed E-state index contributed by atoms with van der Waals surface area (Å²) in [6, 6.07) is 12.3. The molecule has 0 fully saturated rings. The fourth-order valence-corrected chi connectivity index (χ4v) is 3.77. The van der Waals surface area contributed by atoms with Gasteiger partial charge in [0.05, 0.1) is 12.7 Å². The van der Waals surface area contributed by atoms with Gasteiger partial charge in [-0.1, -0.05) is 22.9 Å². The van der Waals surface area contributed by atoms with Gasteiger partial charge in [0, 0.05) is 16.3 Å². The molecule has 2 heterocycles. The number of thiocarbonyl (C=S) groups is 1. The maximum Gasteiger partial charge on any atom is 0.261 e.